The van der Waals surface area contributed by atoms with Crippen molar-refractivity contribution in [3.63, 3.8) is 0 Å². The second-order valence-electron chi connectivity index (χ2n) is 3.87. The number of rotatable bonds is 3. The van der Waals surface area contributed by atoms with Crippen LogP contribution in [-0.4, -0.2) is 9.97 Å². The van der Waals surface area contributed by atoms with Crippen LogP contribution >= 0.6 is 0 Å². The lowest BCUT2D eigenvalue weighted by atomic mass is 10.1. The maximum atomic E-state index is 11.7. The highest BCUT2D eigenvalue weighted by Crippen LogP contribution is 2.13. The molecular weight excluding hydrogens is 216 g/mol. The predicted octanol–water partition coefficient (Wildman–Crippen LogP) is 2.03. The molecule has 88 valence electrons. The number of hydrogen-bond acceptors (Lipinski definition) is 2. The van der Waals surface area contributed by atoms with Crippen molar-refractivity contribution in [3.8, 4) is 0 Å². The van der Waals surface area contributed by atoms with E-state index in [0.717, 1.165) is 18.4 Å². The molecule has 2 rings (SSSR count). The molecule has 1 heterocycles. The normalized spacial score (nSPS) is 11.4. The average molecular weight is 230 g/mol. The molecule has 0 spiro atoms. The second kappa shape index (κ2) is 4.82. The third kappa shape index (κ3) is 2.36. The number of aromatic nitrogens is 2. The molecule has 17 heavy (non-hydrogen) atoms. The Morgan fingerprint density at radius 1 is 1.24 bits per heavy atom. The Balaban J connectivity index is 2.65. The lowest BCUT2D eigenvalue weighted by Crippen LogP contribution is -2.22. The number of fused-ring (bicyclic) bond motifs is 1. The minimum Gasteiger partial charge on any atom is -0.307 e. The minimum atomic E-state index is -0.475. The molecule has 0 saturated carbocycles. The molecule has 0 amide bonds. The SMILES string of the molecule is CCCC=Cc1cccc2[nH]c(=O)[nH]c(=O)c12. The molecule has 0 fully saturated rings. The summed E-state index contributed by atoms with van der Waals surface area (Å²) < 4.78 is 0. The average Bonchev–Trinajstić information content (AvgIpc) is 2.28. The van der Waals surface area contributed by atoms with E-state index in [4.69, 9.17) is 0 Å². The predicted molar refractivity (Wildman–Crippen MR) is 69.1 cm³/mol. The molecule has 0 atom stereocenters. The van der Waals surface area contributed by atoms with E-state index in [1.54, 1.807) is 6.07 Å². The van der Waals surface area contributed by atoms with Gasteiger partial charge in [-0.3, -0.25) is 9.78 Å². The summed E-state index contributed by atoms with van der Waals surface area (Å²) in [5, 5.41) is 0.527. The van der Waals surface area contributed by atoms with Gasteiger partial charge >= 0.3 is 5.69 Å². The van der Waals surface area contributed by atoms with Crippen molar-refractivity contribution < 1.29 is 0 Å². The van der Waals surface area contributed by atoms with E-state index in [9.17, 15) is 9.59 Å². The maximum absolute atomic E-state index is 11.7. The van der Waals surface area contributed by atoms with Gasteiger partial charge in [0, 0.05) is 0 Å². The van der Waals surface area contributed by atoms with Crippen molar-refractivity contribution in [1.82, 2.24) is 9.97 Å². The molecule has 0 aliphatic carbocycles. The topological polar surface area (TPSA) is 65.7 Å². The van der Waals surface area contributed by atoms with Gasteiger partial charge in [0.05, 0.1) is 10.9 Å². The van der Waals surface area contributed by atoms with Crippen LogP contribution in [0.1, 0.15) is 25.3 Å². The van der Waals surface area contributed by atoms with Gasteiger partial charge in [-0.15, -0.1) is 0 Å². The number of allylic oxidation sites excluding steroid dienone is 1. The van der Waals surface area contributed by atoms with Gasteiger partial charge in [0.1, 0.15) is 0 Å². The highest BCUT2D eigenvalue weighted by Gasteiger charge is 2.03. The van der Waals surface area contributed by atoms with Gasteiger partial charge in [-0.25, -0.2) is 4.79 Å². The van der Waals surface area contributed by atoms with Gasteiger partial charge in [-0.2, -0.15) is 0 Å². The third-order valence-corrected chi connectivity index (χ3v) is 2.55. The van der Waals surface area contributed by atoms with Crippen molar-refractivity contribution in [2.24, 2.45) is 0 Å². The highest BCUT2D eigenvalue weighted by atomic mass is 16.2. The van der Waals surface area contributed by atoms with Crippen LogP contribution in [0.4, 0.5) is 0 Å². The van der Waals surface area contributed by atoms with Crippen LogP contribution in [0, 0.1) is 0 Å². The van der Waals surface area contributed by atoms with Crippen LogP contribution in [0.5, 0.6) is 0 Å². The number of H-pyrrole nitrogens is 2. The maximum Gasteiger partial charge on any atom is 0.326 e. The van der Waals surface area contributed by atoms with E-state index < -0.39 is 5.69 Å². The van der Waals surface area contributed by atoms with Crippen LogP contribution < -0.4 is 11.2 Å². The largest absolute Gasteiger partial charge is 0.326 e. The molecule has 2 aromatic rings. The van der Waals surface area contributed by atoms with E-state index in [1.165, 1.54) is 0 Å². The van der Waals surface area contributed by atoms with Gasteiger partial charge in [-0.05, 0) is 18.1 Å². The Morgan fingerprint density at radius 2 is 2.06 bits per heavy atom. The first-order chi connectivity index (χ1) is 8.22. The number of aromatic amines is 2. The van der Waals surface area contributed by atoms with Crippen LogP contribution in [-0.2, 0) is 0 Å². The zero-order valence-corrected chi connectivity index (χ0v) is 9.62. The number of nitrogens with one attached hydrogen (secondary N) is 2. The standard InChI is InChI=1S/C13H14N2O2/c1-2-3-4-6-9-7-5-8-10-11(9)12(16)15-13(17)14-10/h4-8H,2-3H2,1H3,(H2,14,15,16,17). The first-order valence-electron chi connectivity index (χ1n) is 5.64. The lowest BCUT2D eigenvalue weighted by Gasteiger charge is -2.00. The summed E-state index contributed by atoms with van der Waals surface area (Å²) in [6.45, 7) is 2.09. The molecule has 0 saturated heterocycles. The Hall–Kier alpha value is -2.10. The fourth-order valence-corrected chi connectivity index (χ4v) is 1.76. The molecule has 1 aromatic heterocycles. The van der Waals surface area contributed by atoms with Crippen molar-refractivity contribution >= 4 is 17.0 Å². The number of hydrogen-bond donors (Lipinski definition) is 2. The van der Waals surface area contributed by atoms with Crippen molar-refractivity contribution in [2.75, 3.05) is 0 Å². The Kier molecular flexibility index (Phi) is 3.23. The number of unbranched alkanes of at least 4 members (excludes halogenated alkanes) is 1. The Bertz CT molecular complexity index is 665. The fraction of sp³-hybridized carbons (Fsp3) is 0.231. The van der Waals surface area contributed by atoms with Gasteiger partial charge in [-0.1, -0.05) is 37.6 Å². The fourth-order valence-electron chi connectivity index (χ4n) is 1.76. The lowest BCUT2D eigenvalue weighted by molar-refractivity contribution is 0.962. The molecule has 1 aromatic carbocycles. The smallest absolute Gasteiger partial charge is 0.307 e. The summed E-state index contributed by atoms with van der Waals surface area (Å²) in [5.74, 6) is 0. The molecule has 0 bridgehead atoms. The second-order valence-corrected chi connectivity index (χ2v) is 3.87. The highest BCUT2D eigenvalue weighted by molar-refractivity contribution is 5.86. The molecule has 0 unspecified atom stereocenters. The zero-order chi connectivity index (χ0) is 12.3. The van der Waals surface area contributed by atoms with E-state index in [1.807, 2.05) is 24.3 Å². The summed E-state index contributed by atoms with van der Waals surface area (Å²) in [6.07, 6.45) is 5.98. The molecular formula is C13H14N2O2. The first-order valence-corrected chi connectivity index (χ1v) is 5.64. The van der Waals surface area contributed by atoms with Crippen LogP contribution in [0.3, 0.4) is 0 Å². The molecule has 4 nitrogen and oxygen atoms in total. The van der Waals surface area contributed by atoms with Crippen LogP contribution in [0.25, 0.3) is 17.0 Å². The van der Waals surface area contributed by atoms with Gasteiger partial charge in [0.15, 0.2) is 0 Å². The van der Waals surface area contributed by atoms with Gasteiger partial charge in [0.25, 0.3) is 5.56 Å². The van der Waals surface area contributed by atoms with Gasteiger partial charge in [0.2, 0.25) is 0 Å². The Labute approximate surface area is 98.0 Å². The van der Waals surface area contributed by atoms with E-state index in [-0.39, 0.29) is 5.56 Å². The number of benzene rings is 1. The molecule has 0 aliphatic heterocycles. The molecule has 4 heteroatoms. The van der Waals surface area contributed by atoms with Crippen molar-refractivity contribution in [3.05, 3.63) is 50.7 Å². The summed E-state index contributed by atoms with van der Waals surface area (Å²) in [4.78, 5) is 27.8. The zero-order valence-electron chi connectivity index (χ0n) is 9.62. The third-order valence-electron chi connectivity index (χ3n) is 2.55. The summed E-state index contributed by atoms with van der Waals surface area (Å²) in [5.41, 5.74) is 0.573. The molecule has 0 radical (unpaired) electrons. The minimum absolute atomic E-state index is 0.347. The van der Waals surface area contributed by atoms with E-state index in [2.05, 4.69) is 16.9 Å². The Morgan fingerprint density at radius 3 is 2.82 bits per heavy atom. The molecule has 0 aliphatic rings. The van der Waals surface area contributed by atoms with Crippen LogP contribution in [0.2, 0.25) is 0 Å². The first kappa shape index (κ1) is 11.4. The van der Waals surface area contributed by atoms with Crippen molar-refractivity contribution in [2.45, 2.75) is 19.8 Å². The summed E-state index contributed by atoms with van der Waals surface area (Å²) >= 11 is 0. The van der Waals surface area contributed by atoms with Crippen molar-refractivity contribution in [1.29, 1.82) is 0 Å². The summed E-state index contributed by atoms with van der Waals surface area (Å²) in [6, 6.07) is 5.41. The molecule has 2 N–H and O–H groups in total. The van der Waals surface area contributed by atoms with E-state index in [0.29, 0.717) is 10.9 Å². The van der Waals surface area contributed by atoms with E-state index >= 15 is 0 Å². The van der Waals surface area contributed by atoms with Gasteiger partial charge < -0.3 is 4.98 Å². The summed E-state index contributed by atoms with van der Waals surface area (Å²) in [7, 11) is 0. The monoisotopic (exact) mass is 230 g/mol. The quantitative estimate of drug-likeness (QED) is 0.847. The van der Waals surface area contributed by atoms with Crippen LogP contribution in [0.15, 0.2) is 33.9 Å².